The average molecular weight is 299 g/mol. The normalized spacial score (nSPS) is 16.8. The molecule has 0 radical (unpaired) electrons. The van der Waals surface area contributed by atoms with Crippen LogP contribution in [0.25, 0.3) is 0 Å². The van der Waals surface area contributed by atoms with Gasteiger partial charge in [0.1, 0.15) is 5.82 Å². The zero-order valence-electron chi connectivity index (χ0n) is 12.5. The van der Waals surface area contributed by atoms with Gasteiger partial charge in [-0.15, -0.1) is 0 Å². The lowest BCUT2D eigenvalue weighted by atomic mass is 10.0. The third-order valence-corrected chi connectivity index (χ3v) is 3.51. The summed E-state index contributed by atoms with van der Waals surface area (Å²) < 4.78 is 1.63. The van der Waals surface area contributed by atoms with E-state index < -0.39 is 5.92 Å². The molecule has 1 aliphatic rings. The van der Waals surface area contributed by atoms with Crippen LogP contribution in [0.1, 0.15) is 17.8 Å². The molecule has 1 aliphatic heterocycles. The standard InChI is InChI=1S/C15H17N5O2/c1-9-4-3-5-12(6-9)17-13(21)7-11-8-20-15(18-14(11)22)16-10(2)19-20/h3-6,11H,7-8H2,1-2H3,(H,17,21)(H,16,18,19,22)/t11-/m1/s1. The van der Waals surface area contributed by atoms with Gasteiger partial charge in [-0.2, -0.15) is 10.1 Å². The smallest absolute Gasteiger partial charge is 0.232 e. The molecule has 0 saturated carbocycles. The predicted molar refractivity (Wildman–Crippen MR) is 81.3 cm³/mol. The van der Waals surface area contributed by atoms with Crippen molar-refractivity contribution in [3.05, 3.63) is 35.7 Å². The largest absolute Gasteiger partial charge is 0.326 e. The monoisotopic (exact) mass is 299 g/mol. The van der Waals surface area contributed by atoms with E-state index in [0.29, 0.717) is 18.3 Å². The fourth-order valence-electron chi connectivity index (χ4n) is 2.49. The maximum absolute atomic E-state index is 12.1. The van der Waals surface area contributed by atoms with Crippen molar-refractivity contribution < 1.29 is 9.59 Å². The van der Waals surface area contributed by atoms with Crippen molar-refractivity contribution in [3.63, 3.8) is 0 Å². The summed E-state index contributed by atoms with van der Waals surface area (Å²) in [5, 5.41) is 9.69. The lowest BCUT2D eigenvalue weighted by Crippen LogP contribution is -2.36. The van der Waals surface area contributed by atoms with E-state index in [1.807, 2.05) is 31.2 Å². The highest BCUT2D eigenvalue weighted by molar-refractivity contribution is 5.98. The minimum atomic E-state index is -0.446. The quantitative estimate of drug-likeness (QED) is 0.898. The first-order valence-corrected chi connectivity index (χ1v) is 7.10. The number of fused-ring (bicyclic) bond motifs is 1. The second-order valence-electron chi connectivity index (χ2n) is 5.47. The second kappa shape index (κ2) is 5.59. The maximum atomic E-state index is 12.1. The van der Waals surface area contributed by atoms with Gasteiger partial charge in [-0.25, -0.2) is 4.68 Å². The minimum absolute atomic E-state index is 0.109. The summed E-state index contributed by atoms with van der Waals surface area (Å²) >= 11 is 0. The Kier molecular flexibility index (Phi) is 3.62. The van der Waals surface area contributed by atoms with Crippen LogP contribution in [0.2, 0.25) is 0 Å². The fraction of sp³-hybridized carbons (Fsp3) is 0.333. The van der Waals surface area contributed by atoms with E-state index in [1.165, 1.54) is 0 Å². The lowest BCUT2D eigenvalue weighted by Gasteiger charge is -2.21. The molecule has 0 aliphatic carbocycles. The Bertz CT molecular complexity index is 737. The average Bonchev–Trinajstić information content (AvgIpc) is 2.78. The van der Waals surface area contributed by atoms with E-state index in [-0.39, 0.29) is 18.2 Å². The van der Waals surface area contributed by atoms with Gasteiger partial charge in [0.2, 0.25) is 17.8 Å². The summed E-state index contributed by atoms with van der Waals surface area (Å²) in [6.45, 7) is 4.08. The van der Waals surface area contributed by atoms with E-state index in [0.717, 1.165) is 11.3 Å². The zero-order valence-corrected chi connectivity index (χ0v) is 12.5. The van der Waals surface area contributed by atoms with Gasteiger partial charge in [0, 0.05) is 12.1 Å². The fourth-order valence-corrected chi connectivity index (χ4v) is 2.49. The Hall–Kier alpha value is -2.70. The molecule has 2 heterocycles. The number of aryl methyl sites for hydroxylation is 2. The van der Waals surface area contributed by atoms with Gasteiger partial charge in [0.05, 0.1) is 12.5 Å². The third-order valence-electron chi connectivity index (χ3n) is 3.51. The first kappa shape index (κ1) is 14.2. The van der Waals surface area contributed by atoms with Crippen LogP contribution in [0.5, 0.6) is 0 Å². The molecule has 2 amide bonds. The molecule has 1 aromatic heterocycles. The molecule has 2 aromatic rings. The number of nitrogens with one attached hydrogen (secondary N) is 2. The van der Waals surface area contributed by atoms with Gasteiger partial charge in [-0.1, -0.05) is 12.1 Å². The first-order valence-electron chi connectivity index (χ1n) is 7.10. The SMILES string of the molecule is Cc1cccc(NC(=O)C[C@@H]2Cn3nc(C)nc3NC2=O)c1. The van der Waals surface area contributed by atoms with Crippen LogP contribution in [0.3, 0.4) is 0 Å². The summed E-state index contributed by atoms with van der Waals surface area (Å²) in [7, 11) is 0. The number of amides is 2. The van der Waals surface area contributed by atoms with Crippen molar-refractivity contribution in [2.24, 2.45) is 5.92 Å². The third kappa shape index (κ3) is 2.98. The van der Waals surface area contributed by atoms with Gasteiger partial charge in [0.25, 0.3) is 0 Å². The number of hydrogen-bond donors (Lipinski definition) is 2. The van der Waals surface area contributed by atoms with Gasteiger partial charge in [0.15, 0.2) is 0 Å². The molecule has 7 heteroatoms. The Morgan fingerprint density at radius 2 is 2.27 bits per heavy atom. The molecule has 2 N–H and O–H groups in total. The summed E-state index contributed by atoms with van der Waals surface area (Å²) in [5.74, 6) is 0.210. The number of anilines is 2. The van der Waals surface area contributed by atoms with Crippen molar-refractivity contribution >= 4 is 23.5 Å². The highest BCUT2D eigenvalue weighted by atomic mass is 16.2. The number of nitrogens with zero attached hydrogens (tertiary/aromatic N) is 3. The zero-order chi connectivity index (χ0) is 15.7. The molecular formula is C15H17N5O2. The summed E-state index contributed by atoms with van der Waals surface area (Å²) in [4.78, 5) is 28.3. The van der Waals surface area contributed by atoms with E-state index in [2.05, 4.69) is 20.7 Å². The van der Waals surface area contributed by atoms with Gasteiger partial charge in [-0.3, -0.25) is 14.9 Å². The van der Waals surface area contributed by atoms with Crippen molar-refractivity contribution in [3.8, 4) is 0 Å². The van der Waals surface area contributed by atoms with Gasteiger partial charge < -0.3 is 5.32 Å². The highest BCUT2D eigenvalue weighted by Crippen LogP contribution is 2.20. The second-order valence-corrected chi connectivity index (χ2v) is 5.47. The minimum Gasteiger partial charge on any atom is -0.326 e. The molecule has 114 valence electrons. The molecule has 0 bridgehead atoms. The van der Waals surface area contributed by atoms with Crippen LogP contribution in [0.15, 0.2) is 24.3 Å². The Labute approximate surface area is 127 Å². The Morgan fingerprint density at radius 3 is 3.05 bits per heavy atom. The molecular weight excluding hydrogens is 282 g/mol. The predicted octanol–water partition coefficient (Wildman–Crippen LogP) is 1.49. The van der Waals surface area contributed by atoms with E-state index in [4.69, 9.17) is 0 Å². The van der Waals surface area contributed by atoms with E-state index >= 15 is 0 Å². The topological polar surface area (TPSA) is 88.9 Å². The van der Waals surface area contributed by atoms with E-state index in [1.54, 1.807) is 11.6 Å². The summed E-state index contributed by atoms with van der Waals surface area (Å²) in [6, 6.07) is 7.55. The molecule has 1 atom stereocenters. The van der Waals surface area contributed by atoms with Crippen LogP contribution < -0.4 is 10.6 Å². The number of rotatable bonds is 3. The molecule has 0 saturated heterocycles. The summed E-state index contributed by atoms with van der Waals surface area (Å²) in [6.07, 6.45) is 0.109. The number of hydrogen-bond acceptors (Lipinski definition) is 4. The van der Waals surface area contributed by atoms with Crippen molar-refractivity contribution in [1.29, 1.82) is 0 Å². The van der Waals surface area contributed by atoms with Crippen LogP contribution in [-0.2, 0) is 16.1 Å². The maximum Gasteiger partial charge on any atom is 0.232 e. The number of benzene rings is 1. The lowest BCUT2D eigenvalue weighted by molar-refractivity contribution is -0.125. The Balaban J connectivity index is 1.65. The van der Waals surface area contributed by atoms with Gasteiger partial charge in [-0.05, 0) is 31.5 Å². The first-order chi connectivity index (χ1) is 10.5. The molecule has 0 spiro atoms. The molecule has 0 fully saturated rings. The number of carbonyl (C=O) groups excluding carboxylic acids is 2. The van der Waals surface area contributed by atoms with Crippen molar-refractivity contribution in [2.75, 3.05) is 10.6 Å². The number of carbonyl (C=O) groups is 2. The highest BCUT2D eigenvalue weighted by Gasteiger charge is 2.29. The van der Waals surface area contributed by atoms with Crippen LogP contribution in [0, 0.1) is 19.8 Å². The van der Waals surface area contributed by atoms with Crippen molar-refractivity contribution in [2.45, 2.75) is 26.8 Å². The number of aromatic nitrogens is 3. The van der Waals surface area contributed by atoms with E-state index in [9.17, 15) is 9.59 Å². The van der Waals surface area contributed by atoms with Gasteiger partial charge >= 0.3 is 0 Å². The molecule has 0 unspecified atom stereocenters. The van der Waals surface area contributed by atoms with Crippen LogP contribution in [0.4, 0.5) is 11.6 Å². The van der Waals surface area contributed by atoms with Crippen molar-refractivity contribution in [1.82, 2.24) is 14.8 Å². The molecule has 22 heavy (non-hydrogen) atoms. The van der Waals surface area contributed by atoms with Crippen LogP contribution >= 0.6 is 0 Å². The van der Waals surface area contributed by atoms with Crippen LogP contribution in [-0.4, -0.2) is 26.6 Å². The molecule has 3 rings (SSSR count). The Morgan fingerprint density at radius 1 is 1.45 bits per heavy atom. The molecule has 7 nitrogen and oxygen atoms in total. The molecule has 1 aromatic carbocycles. The summed E-state index contributed by atoms with van der Waals surface area (Å²) in [5.41, 5.74) is 1.80.